The molecule has 3 rings (SSSR count). The Kier molecular flexibility index (Phi) is 4.50. The molecule has 110 valence electrons. The lowest BCUT2D eigenvalue weighted by Gasteiger charge is -2.25. The SMILES string of the molecule is Fc1cccc(N(Cc2ccccc2)Cc2ccccc2)c1. The Hall–Kier alpha value is -2.61. The van der Waals surface area contributed by atoms with E-state index in [9.17, 15) is 4.39 Å². The maximum absolute atomic E-state index is 13.6. The van der Waals surface area contributed by atoms with E-state index in [1.165, 1.54) is 17.2 Å². The van der Waals surface area contributed by atoms with Crippen molar-refractivity contribution < 1.29 is 4.39 Å². The van der Waals surface area contributed by atoms with Crippen LogP contribution in [-0.2, 0) is 13.1 Å². The van der Waals surface area contributed by atoms with E-state index in [-0.39, 0.29) is 5.82 Å². The van der Waals surface area contributed by atoms with Crippen LogP contribution >= 0.6 is 0 Å². The summed E-state index contributed by atoms with van der Waals surface area (Å²) < 4.78 is 13.6. The van der Waals surface area contributed by atoms with E-state index in [1.807, 2.05) is 42.5 Å². The van der Waals surface area contributed by atoms with Crippen molar-refractivity contribution in [2.24, 2.45) is 0 Å². The zero-order valence-electron chi connectivity index (χ0n) is 12.3. The molecule has 0 radical (unpaired) electrons. The van der Waals surface area contributed by atoms with Crippen molar-refractivity contribution in [3.05, 3.63) is 102 Å². The number of benzene rings is 3. The van der Waals surface area contributed by atoms with Gasteiger partial charge >= 0.3 is 0 Å². The fourth-order valence-electron chi connectivity index (χ4n) is 2.52. The fourth-order valence-corrected chi connectivity index (χ4v) is 2.52. The van der Waals surface area contributed by atoms with Gasteiger partial charge in [0.1, 0.15) is 5.82 Å². The monoisotopic (exact) mass is 291 g/mol. The van der Waals surface area contributed by atoms with Crippen molar-refractivity contribution >= 4 is 5.69 Å². The molecule has 0 unspecified atom stereocenters. The molecule has 0 saturated carbocycles. The number of rotatable bonds is 5. The topological polar surface area (TPSA) is 3.24 Å². The molecule has 2 heteroatoms. The van der Waals surface area contributed by atoms with E-state index < -0.39 is 0 Å². The van der Waals surface area contributed by atoms with Crippen LogP contribution in [0, 0.1) is 5.82 Å². The smallest absolute Gasteiger partial charge is 0.125 e. The van der Waals surface area contributed by atoms with E-state index in [0.717, 1.165) is 18.8 Å². The van der Waals surface area contributed by atoms with Crippen LogP contribution in [0.15, 0.2) is 84.9 Å². The van der Waals surface area contributed by atoms with Crippen LogP contribution in [0.2, 0.25) is 0 Å². The minimum Gasteiger partial charge on any atom is -0.363 e. The van der Waals surface area contributed by atoms with Crippen molar-refractivity contribution in [1.29, 1.82) is 0 Å². The molecule has 0 spiro atoms. The van der Waals surface area contributed by atoms with Gasteiger partial charge in [-0.1, -0.05) is 66.7 Å². The lowest BCUT2D eigenvalue weighted by molar-refractivity contribution is 0.626. The molecule has 3 aromatic rings. The quantitative estimate of drug-likeness (QED) is 0.637. The van der Waals surface area contributed by atoms with Crippen LogP contribution in [0.1, 0.15) is 11.1 Å². The molecule has 1 nitrogen and oxygen atoms in total. The molecule has 22 heavy (non-hydrogen) atoms. The Labute approximate surface area is 130 Å². The molecule has 0 fully saturated rings. The van der Waals surface area contributed by atoms with Gasteiger partial charge in [-0.2, -0.15) is 0 Å². The summed E-state index contributed by atoms with van der Waals surface area (Å²) in [6.07, 6.45) is 0. The molecular weight excluding hydrogens is 273 g/mol. The second kappa shape index (κ2) is 6.90. The third kappa shape index (κ3) is 3.73. The zero-order chi connectivity index (χ0) is 15.2. The Morgan fingerprint density at radius 1 is 0.636 bits per heavy atom. The van der Waals surface area contributed by atoms with Gasteiger partial charge in [0.05, 0.1) is 0 Å². The molecule has 0 aliphatic rings. The first-order chi connectivity index (χ1) is 10.8. The molecule has 0 aliphatic carbocycles. The number of hydrogen-bond donors (Lipinski definition) is 0. The van der Waals surface area contributed by atoms with Gasteiger partial charge in [0.15, 0.2) is 0 Å². The summed E-state index contributed by atoms with van der Waals surface area (Å²) in [5.41, 5.74) is 3.32. The van der Waals surface area contributed by atoms with E-state index in [4.69, 9.17) is 0 Å². The molecule has 3 aromatic carbocycles. The maximum atomic E-state index is 13.6. The maximum Gasteiger partial charge on any atom is 0.125 e. The molecule has 0 N–H and O–H groups in total. The van der Waals surface area contributed by atoms with E-state index in [0.29, 0.717) is 0 Å². The lowest BCUT2D eigenvalue weighted by atomic mass is 10.1. The van der Waals surface area contributed by atoms with Gasteiger partial charge in [-0.15, -0.1) is 0 Å². The van der Waals surface area contributed by atoms with E-state index in [2.05, 4.69) is 29.2 Å². The standard InChI is InChI=1S/C20H18FN/c21-19-12-7-13-20(14-19)22(15-17-8-3-1-4-9-17)16-18-10-5-2-6-11-18/h1-14H,15-16H2. The highest BCUT2D eigenvalue weighted by molar-refractivity contribution is 5.47. The molecular formula is C20H18FN. The first-order valence-corrected chi connectivity index (χ1v) is 7.39. The van der Waals surface area contributed by atoms with Crippen molar-refractivity contribution in [1.82, 2.24) is 0 Å². The molecule has 0 saturated heterocycles. The highest BCUT2D eigenvalue weighted by atomic mass is 19.1. The van der Waals surface area contributed by atoms with Crippen LogP contribution in [0.5, 0.6) is 0 Å². The summed E-state index contributed by atoms with van der Waals surface area (Å²) in [5.74, 6) is -0.205. The lowest BCUT2D eigenvalue weighted by Crippen LogP contribution is -2.22. The van der Waals surface area contributed by atoms with Crippen molar-refractivity contribution in [2.45, 2.75) is 13.1 Å². The molecule has 0 atom stereocenters. The normalized spacial score (nSPS) is 10.4. The van der Waals surface area contributed by atoms with Crippen LogP contribution in [0.4, 0.5) is 10.1 Å². The predicted octanol–water partition coefficient (Wildman–Crippen LogP) is 5.03. The number of halogens is 1. The summed E-state index contributed by atoms with van der Waals surface area (Å²) in [6, 6.07) is 27.3. The van der Waals surface area contributed by atoms with Gasteiger partial charge in [0, 0.05) is 18.8 Å². The summed E-state index contributed by atoms with van der Waals surface area (Å²) in [6.45, 7) is 1.50. The highest BCUT2D eigenvalue weighted by Gasteiger charge is 2.09. The fraction of sp³-hybridized carbons (Fsp3) is 0.100. The summed E-state index contributed by atoms with van der Waals surface area (Å²) >= 11 is 0. The van der Waals surface area contributed by atoms with Gasteiger partial charge in [0.25, 0.3) is 0 Å². The van der Waals surface area contributed by atoms with Gasteiger partial charge < -0.3 is 4.90 Å². The van der Waals surface area contributed by atoms with E-state index >= 15 is 0 Å². The molecule has 0 bridgehead atoms. The molecule has 0 aromatic heterocycles. The third-order valence-corrected chi connectivity index (χ3v) is 3.61. The average molecular weight is 291 g/mol. The summed E-state index contributed by atoms with van der Waals surface area (Å²) in [5, 5.41) is 0. The average Bonchev–Trinajstić information content (AvgIpc) is 2.56. The number of nitrogens with zero attached hydrogens (tertiary/aromatic N) is 1. The minimum absolute atomic E-state index is 0.205. The van der Waals surface area contributed by atoms with Gasteiger partial charge in [0.2, 0.25) is 0 Å². The van der Waals surface area contributed by atoms with Crippen molar-refractivity contribution in [2.75, 3.05) is 4.90 Å². The second-order valence-electron chi connectivity index (χ2n) is 5.31. The first kappa shape index (κ1) is 14.3. The van der Waals surface area contributed by atoms with Crippen molar-refractivity contribution in [3.63, 3.8) is 0 Å². The highest BCUT2D eigenvalue weighted by Crippen LogP contribution is 2.21. The van der Waals surface area contributed by atoms with Crippen LogP contribution in [0.25, 0.3) is 0 Å². The summed E-state index contributed by atoms with van der Waals surface area (Å²) in [7, 11) is 0. The van der Waals surface area contributed by atoms with Crippen LogP contribution < -0.4 is 4.90 Å². The largest absolute Gasteiger partial charge is 0.363 e. The molecule has 0 aliphatic heterocycles. The third-order valence-electron chi connectivity index (χ3n) is 3.61. The number of hydrogen-bond acceptors (Lipinski definition) is 1. The van der Waals surface area contributed by atoms with Crippen LogP contribution in [0.3, 0.4) is 0 Å². The van der Waals surface area contributed by atoms with Gasteiger partial charge in [-0.25, -0.2) is 4.39 Å². The zero-order valence-corrected chi connectivity index (χ0v) is 12.3. The minimum atomic E-state index is -0.205. The predicted molar refractivity (Wildman–Crippen MR) is 89.2 cm³/mol. The molecule has 0 amide bonds. The number of anilines is 1. The second-order valence-corrected chi connectivity index (χ2v) is 5.31. The Morgan fingerprint density at radius 2 is 1.18 bits per heavy atom. The molecule has 0 heterocycles. The van der Waals surface area contributed by atoms with E-state index in [1.54, 1.807) is 12.1 Å². The van der Waals surface area contributed by atoms with Gasteiger partial charge in [-0.3, -0.25) is 0 Å². The van der Waals surface area contributed by atoms with Crippen LogP contribution in [-0.4, -0.2) is 0 Å². The summed E-state index contributed by atoms with van der Waals surface area (Å²) in [4.78, 5) is 2.19. The first-order valence-electron chi connectivity index (χ1n) is 7.39. The Balaban J connectivity index is 1.88. The Bertz CT molecular complexity index is 669. The van der Waals surface area contributed by atoms with Crippen molar-refractivity contribution in [3.8, 4) is 0 Å². The van der Waals surface area contributed by atoms with Gasteiger partial charge in [-0.05, 0) is 29.3 Å². The Morgan fingerprint density at radius 3 is 1.68 bits per heavy atom.